The van der Waals surface area contributed by atoms with Crippen molar-refractivity contribution in [3.63, 3.8) is 0 Å². The van der Waals surface area contributed by atoms with Gasteiger partial charge in [0.1, 0.15) is 4.21 Å². The summed E-state index contributed by atoms with van der Waals surface area (Å²) in [6.07, 6.45) is 0.890. The minimum Gasteiger partial charge on any atom is -0.317 e. The predicted octanol–water partition coefficient (Wildman–Crippen LogP) is 2.18. The van der Waals surface area contributed by atoms with Crippen molar-refractivity contribution >= 4 is 21.4 Å². The Morgan fingerprint density at radius 3 is 2.55 bits per heavy atom. The van der Waals surface area contributed by atoms with Crippen LogP contribution in [-0.4, -0.2) is 38.9 Å². The van der Waals surface area contributed by atoms with Crippen LogP contribution in [0.2, 0.25) is 0 Å². The molecule has 6 heteroatoms. The fraction of sp³-hybridized carbons (Fsp3) is 0.714. The second-order valence-electron chi connectivity index (χ2n) is 5.60. The van der Waals surface area contributed by atoms with Crippen molar-refractivity contribution in [3.8, 4) is 0 Å². The second kappa shape index (κ2) is 6.56. The lowest BCUT2D eigenvalue weighted by molar-refractivity contribution is 0.465. The predicted molar refractivity (Wildman–Crippen MR) is 83.7 cm³/mol. The van der Waals surface area contributed by atoms with Crippen LogP contribution in [0.1, 0.15) is 25.6 Å². The van der Waals surface area contributed by atoms with Crippen molar-refractivity contribution in [2.75, 3.05) is 26.2 Å². The van der Waals surface area contributed by atoms with E-state index < -0.39 is 10.0 Å². The first-order valence-corrected chi connectivity index (χ1v) is 9.50. The van der Waals surface area contributed by atoms with Gasteiger partial charge in [-0.2, -0.15) is 4.31 Å². The number of hydrogen-bond acceptors (Lipinski definition) is 4. The number of thiophene rings is 1. The Morgan fingerprint density at radius 2 is 1.95 bits per heavy atom. The number of rotatable bonds is 6. The molecule has 0 aromatic carbocycles. The van der Waals surface area contributed by atoms with Crippen LogP contribution in [0.5, 0.6) is 0 Å². The van der Waals surface area contributed by atoms with Gasteiger partial charge < -0.3 is 5.32 Å². The van der Waals surface area contributed by atoms with Gasteiger partial charge >= 0.3 is 0 Å². The molecule has 1 N–H and O–H groups in total. The Morgan fingerprint density at radius 1 is 1.30 bits per heavy atom. The van der Waals surface area contributed by atoms with Gasteiger partial charge in [-0.3, -0.25) is 0 Å². The molecule has 0 amide bonds. The van der Waals surface area contributed by atoms with Crippen LogP contribution in [0.4, 0.5) is 0 Å². The molecule has 1 aliphatic heterocycles. The fourth-order valence-corrected chi connectivity index (χ4v) is 5.57. The lowest BCUT2D eigenvalue weighted by Crippen LogP contribution is -2.28. The van der Waals surface area contributed by atoms with E-state index in [1.807, 2.05) is 6.07 Å². The molecule has 2 atom stereocenters. The van der Waals surface area contributed by atoms with E-state index in [0.717, 1.165) is 24.4 Å². The molecule has 4 nitrogen and oxygen atoms in total. The number of hydrogen-bond donors (Lipinski definition) is 1. The number of sulfonamides is 1. The highest BCUT2D eigenvalue weighted by atomic mass is 32.2. The maximum absolute atomic E-state index is 12.6. The van der Waals surface area contributed by atoms with Crippen LogP contribution in [0.25, 0.3) is 0 Å². The normalized spacial score (nSPS) is 24.4. The van der Waals surface area contributed by atoms with Crippen molar-refractivity contribution < 1.29 is 8.42 Å². The molecule has 0 spiro atoms. The maximum atomic E-state index is 12.6. The van der Waals surface area contributed by atoms with E-state index >= 15 is 0 Å². The molecule has 1 aliphatic rings. The Balaban J connectivity index is 2.07. The largest absolute Gasteiger partial charge is 0.317 e. The van der Waals surface area contributed by atoms with Gasteiger partial charge in [-0.15, -0.1) is 11.3 Å². The number of nitrogens with one attached hydrogen (secondary N) is 1. The minimum atomic E-state index is -3.28. The highest BCUT2D eigenvalue weighted by Crippen LogP contribution is 2.31. The van der Waals surface area contributed by atoms with Crippen molar-refractivity contribution in [1.82, 2.24) is 9.62 Å². The molecule has 0 aliphatic carbocycles. The third-order valence-electron chi connectivity index (χ3n) is 3.98. The second-order valence-corrected chi connectivity index (χ2v) is 8.93. The van der Waals surface area contributed by atoms with E-state index in [1.165, 1.54) is 11.3 Å². The van der Waals surface area contributed by atoms with Crippen LogP contribution in [-0.2, 0) is 16.4 Å². The molecule has 114 valence electrons. The molecule has 0 radical (unpaired) electrons. The molecule has 1 saturated heterocycles. The van der Waals surface area contributed by atoms with Crippen LogP contribution in [0, 0.1) is 11.8 Å². The molecule has 0 bridgehead atoms. The van der Waals surface area contributed by atoms with Crippen LogP contribution in [0.3, 0.4) is 0 Å². The van der Waals surface area contributed by atoms with Crippen LogP contribution < -0.4 is 5.32 Å². The van der Waals surface area contributed by atoms with Crippen LogP contribution >= 0.6 is 11.3 Å². The van der Waals surface area contributed by atoms with Crippen molar-refractivity contribution in [1.29, 1.82) is 0 Å². The topological polar surface area (TPSA) is 49.4 Å². The Labute approximate surface area is 126 Å². The highest BCUT2D eigenvalue weighted by molar-refractivity contribution is 7.91. The maximum Gasteiger partial charge on any atom is 0.252 e. The molecule has 1 aromatic heterocycles. The van der Waals surface area contributed by atoms with E-state index in [1.54, 1.807) is 10.4 Å². The van der Waals surface area contributed by atoms with Gasteiger partial charge in [-0.1, -0.05) is 20.8 Å². The van der Waals surface area contributed by atoms with Gasteiger partial charge in [0.25, 0.3) is 10.0 Å². The van der Waals surface area contributed by atoms with Gasteiger partial charge in [-0.05, 0) is 43.5 Å². The summed E-state index contributed by atoms with van der Waals surface area (Å²) in [4.78, 5) is 1.13. The van der Waals surface area contributed by atoms with E-state index in [0.29, 0.717) is 29.1 Å². The van der Waals surface area contributed by atoms with E-state index in [2.05, 4.69) is 26.1 Å². The van der Waals surface area contributed by atoms with E-state index in [9.17, 15) is 8.42 Å². The molecule has 2 heterocycles. The summed E-state index contributed by atoms with van der Waals surface area (Å²) in [5, 5.41) is 3.26. The minimum absolute atomic E-state index is 0.443. The monoisotopic (exact) mass is 316 g/mol. The third kappa shape index (κ3) is 3.42. The summed E-state index contributed by atoms with van der Waals surface area (Å²) in [5.41, 5.74) is 0. The van der Waals surface area contributed by atoms with Gasteiger partial charge in [0.2, 0.25) is 0 Å². The molecule has 0 saturated carbocycles. The van der Waals surface area contributed by atoms with Gasteiger partial charge in [0, 0.05) is 18.0 Å². The Kier molecular flexibility index (Phi) is 5.23. The summed E-state index contributed by atoms with van der Waals surface area (Å²) >= 11 is 1.41. The lowest BCUT2D eigenvalue weighted by atomic mass is 10.0. The highest BCUT2D eigenvalue weighted by Gasteiger charge is 2.35. The molecule has 20 heavy (non-hydrogen) atoms. The summed E-state index contributed by atoms with van der Waals surface area (Å²) < 4.78 is 27.3. The summed E-state index contributed by atoms with van der Waals surface area (Å²) in [6, 6.07) is 3.70. The molecule has 1 fully saturated rings. The van der Waals surface area contributed by atoms with Crippen molar-refractivity contribution in [3.05, 3.63) is 17.0 Å². The fourth-order valence-electron chi connectivity index (χ4n) is 2.42. The number of nitrogens with zero attached hydrogens (tertiary/aromatic N) is 1. The average molecular weight is 316 g/mol. The van der Waals surface area contributed by atoms with Crippen molar-refractivity contribution in [2.45, 2.75) is 31.4 Å². The first kappa shape index (κ1) is 15.9. The summed E-state index contributed by atoms with van der Waals surface area (Å²) in [7, 11) is -3.28. The first-order valence-electron chi connectivity index (χ1n) is 7.24. The summed E-state index contributed by atoms with van der Waals surface area (Å²) in [5.74, 6) is 0.885. The quantitative estimate of drug-likeness (QED) is 0.818. The smallest absolute Gasteiger partial charge is 0.252 e. The van der Waals surface area contributed by atoms with E-state index in [4.69, 9.17) is 0 Å². The van der Waals surface area contributed by atoms with Crippen LogP contribution in [0.15, 0.2) is 16.3 Å². The SMILES string of the molecule is CCNCCc1ccc(S(=O)(=O)N2CC(C)C(C)C2)s1. The van der Waals surface area contributed by atoms with E-state index in [-0.39, 0.29) is 0 Å². The number of likely N-dealkylation sites (N-methyl/N-ethyl adjacent to an activating group) is 1. The van der Waals surface area contributed by atoms with Crippen molar-refractivity contribution in [2.24, 2.45) is 11.8 Å². The molecule has 2 unspecified atom stereocenters. The van der Waals surface area contributed by atoms with Gasteiger partial charge in [-0.25, -0.2) is 8.42 Å². The molecular formula is C14H24N2O2S2. The molecular weight excluding hydrogens is 292 g/mol. The summed E-state index contributed by atoms with van der Waals surface area (Å²) in [6.45, 7) is 9.45. The lowest BCUT2D eigenvalue weighted by Gasteiger charge is -2.14. The Bertz CT molecular complexity index is 529. The average Bonchev–Trinajstić information content (AvgIpc) is 2.99. The standard InChI is InChI=1S/C14H24N2O2S2/c1-4-15-8-7-13-5-6-14(19-13)20(17,18)16-9-11(2)12(3)10-16/h5-6,11-12,15H,4,7-10H2,1-3H3. The van der Waals surface area contributed by atoms with Gasteiger partial charge in [0.15, 0.2) is 0 Å². The van der Waals surface area contributed by atoms with Gasteiger partial charge in [0.05, 0.1) is 0 Å². The zero-order valence-electron chi connectivity index (χ0n) is 12.4. The first-order chi connectivity index (χ1) is 9.45. The zero-order valence-corrected chi connectivity index (χ0v) is 14.1. The Hall–Kier alpha value is -0.430. The molecule has 2 rings (SSSR count). The third-order valence-corrected chi connectivity index (χ3v) is 7.43. The zero-order chi connectivity index (χ0) is 14.8. The molecule has 1 aromatic rings.